The molecule has 0 bridgehead atoms. The summed E-state index contributed by atoms with van der Waals surface area (Å²) in [5.41, 5.74) is 4.50. The molecule has 0 unspecified atom stereocenters. The zero-order chi connectivity index (χ0) is 29.1. The highest BCUT2D eigenvalue weighted by molar-refractivity contribution is 7.81. The summed E-state index contributed by atoms with van der Waals surface area (Å²) in [7, 11) is 1.50. The van der Waals surface area contributed by atoms with Gasteiger partial charge in [0.1, 0.15) is 18.0 Å². The molecule has 0 atom stereocenters. The minimum atomic E-state index is -0.526. The number of halogens is 1. The number of carbonyl (C=O) groups excluding carboxylic acids is 2. The first-order chi connectivity index (χ1) is 19.8. The van der Waals surface area contributed by atoms with Crippen LogP contribution >= 0.6 is 12.2 Å². The van der Waals surface area contributed by atoms with E-state index in [4.69, 9.17) is 21.7 Å². The predicted octanol–water partition coefficient (Wildman–Crippen LogP) is 6.78. The zero-order valence-corrected chi connectivity index (χ0v) is 23.6. The second-order valence-electron chi connectivity index (χ2n) is 9.55. The van der Waals surface area contributed by atoms with Gasteiger partial charge in [-0.25, -0.2) is 4.39 Å². The molecule has 4 aromatic carbocycles. The fourth-order valence-electron chi connectivity index (χ4n) is 4.43. The van der Waals surface area contributed by atoms with Crippen LogP contribution in [0.4, 0.5) is 15.8 Å². The molecule has 6 nitrogen and oxygen atoms in total. The summed E-state index contributed by atoms with van der Waals surface area (Å²) in [4.78, 5) is 30.4. The van der Waals surface area contributed by atoms with Crippen molar-refractivity contribution in [3.63, 3.8) is 0 Å². The molecule has 1 aliphatic rings. The van der Waals surface area contributed by atoms with Crippen LogP contribution < -0.4 is 19.3 Å². The Kier molecular flexibility index (Phi) is 7.94. The Bertz CT molecular complexity index is 1670. The van der Waals surface area contributed by atoms with Crippen molar-refractivity contribution < 1.29 is 23.5 Å². The first kappa shape index (κ1) is 27.7. The lowest BCUT2D eigenvalue weighted by Crippen LogP contribution is -2.57. The van der Waals surface area contributed by atoms with Crippen molar-refractivity contribution >= 4 is 46.6 Å². The van der Waals surface area contributed by atoms with Crippen LogP contribution in [0.5, 0.6) is 11.5 Å². The van der Waals surface area contributed by atoms with Crippen LogP contribution in [0.2, 0.25) is 0 Å². The monoisotopic (exact) mass is 566 g/mol. The van der Waals surface area contributed by atoms with Crippen LogP contribution in [0.15, 0.2) is 96.6 Å². The first-order valence-corrected chi connectivity index (χ1v) is 13.3. The predicted molar refractivity (Wildman–Crippen MR) is 162 cm³/mol. The molecular weight excluding hydrogens is 539 g/mol. The molecule has 1 aliphatic heterocycles. The molecular formula is C33H27FN2O4S. The summed E-state index contributed by atoms with van der Waals surface area (Å²) in [6, 6.07) is 25.8. The van der Waals surface area contributed by atoms with Gasteiger partial charge >= 0.3 is 0 Å². The van der Waals surface area contributed by atoms with E-state index in [1.165, 1.54) is 35.1 Å². The van der Waals surface area contributed by atoms with Crippen LogP contribution in [-0.4, -0.2) is 24.0 Å². The maximum Gasteiger partial charge on any atom is 0.270 e. The molecule has 0 aromatic heterocycles. The number of carbonyl (C=O) groups is 2. The number of aryl methyl sites for hydroxylation is 2. The van der Waals surface area contributed by atoms with Crippen molar-refractivity contribution in [2.24, 2.45) is 0 Å². The largest absolute Gasteiger partial charge is 0.493 e. The van der Waals surface area contributed by atoms with Gasteiger partial charge < -0.3 is 9.47 Å². The molecule has 41 heavy (non-hydrogen) atoms. The van der Waals surface area contributed by atoms with Crippen LogP contribution in [0, 0.1) is 19.7 Å². The van der Waals surface area contributed by atoms with Gasteiger partial charge in [0, 0.05) is 0 Å². The van der Waals surface area contributed by atoms with Crippen molar-refractivity contribution in [1.29, 1.82) is 0 Å². The minimum Gasteiger partial charge on any atom is -0.493 e. The van der Waals surface area contributed by atoms with Gasteiger partial charge in [0.25, 0.3) is 11.8 Å². The summed E-state index contributed by atoms with van der Waals surface area (Å²) in [6.45, 7) is 4.16. The third kappa shape index (κ3) is 5.73. The number of hydrogen-bond donors (Lipinski definition) is 0. The number of benzene rings is 4. The molecule has 4 aromatic rings. The Morgan fingerprint density at radius 3 is 2.12 bits per heavy atom. The fourth-order valence-corrected chi connectivity index (χ4v) is 4.80. The quantitative estimate of drug-likeness (QED) is 0.140. The van der Waals surface area contributed by atoms with E-state index in [0.717, 1.165) is 16.7 Å². The van der Waals surface area contributed by atoms with Gasteiger partial charge in [0.05, 0.1) is 18.5 Å². The molecule has 8 heteroatoms. The van der Waals surface area contributed by atoms with E-state index >= 15 is 0 Å². The van der Waals surface area contributed by atoms with E-state index in [0.29, 0.717) is 28.4 Å². The van der Waals surface area contributed by atoms with Gasteiger partial charge in [0.2, 0.25) is 0 Å². The third-order valence-electron chi connectivity index (χ3n) is 6.82. The van der Waals surface area contributed by atoms with Crippen molar-refractivity contribution in [1.82, 2.24) is 0 Å². The molecule has 2 amide bonds. The second-order valence-corrected chi connectivity index (χ2v) is 9.92. The Morgan fingerprint density at radius 2 is 1.46 bits per heavy atom. The van der Waals surface area contributed by atoms with Gasteiger partial charge in [-0.05, 0) is 103 Å². The number of thiocarbonyl (C=S) groups is 1. The number of hydrogen-bond acceptors (Lipinski definition) is 5. The molecule has 0 saturated carbocycles. The number of methoxy groups -OCH3 is 1. The lowest BCUT2D eigenvalue weighted by atomic mass is 10.0. The number of rotatable bonds is 7. The fraction of sp³-hybridized carbons (Fsp3) is 0.121. The molecule has 5 rings (SSSR count). The first-order valence-electron chi connectivity index (χ1n) is 12.9. The van der Waals surface area contributed by atoms with E-state index in [2.05, 4.69) is 0 Å². The highest BCUT2D eigenvalue weighted by atomic mass is 32.1. The summed E-state index contributed by atoms with van der Waals surface area (Å²) in [6.07, 6.45) is 1.53. The number of nitrogens with zero attached hydrogens (tertiary/aromatic N) is 2. The van der Waals surface area contributed by atoms with Crippen LogP contribution in [-0.2, 0) is 16.2 Å². The van der Waals surface area contributed by atoms with Gasteiger partial charge in [-0.2, -0.15) is 0 Å². The number of para-hydroxylation sites is 1. The molecule has 0 radical (unpaired) electrons. The van der Waals surface area contributed by atoms with Gasteiger partial charge in [-0.3, -0.25) is 19.4 Å². The van der Waals surface area contributed by atoms with Crippen molar-refractivity contribution in [2.75, 3.05) is 16.9 Å². The van der Waals surface area contributed by atoms with E-state index in [1.807, 2.05) is 38.1 Å². The normalized spacial score (nSPS) is 14.5. The van der Waals surface area contributed by atoms with Crippen molar-refractivity contribution in [3.8, 4) is 11.5 Å². The van der Waals surface area contributed by atoms with E-state index in [9.17, 15) is 14.0 Å². The molecule has 1 saturated heterocycles. The Hall–Kier alpha value is -4.82. The smallest absolute Gasteiger partial charge is 0.270 e. The standard InChI is InChI=1S/C33H27FN2O4S/c1-21-9-15-27(17-22(21)2)36-32(38)28(31(37)35(33(36)41)26-7-5-4-6-8-26)18-24-12-16-29(30(19-24)39-3)40-20-23-10-13-25(34)14-11-23/h4-19H,20H2,1-3H3/b28-18-. The minimum absolute atomic E-state index is 0.0530. The average Bonchev–Trinajstić information content (AvgIpc) is 2.97. The van der Waals surface area contributed by atoms with Gasteiger partial charge in [0.15, 0.2) is 16.6 Å². The maximum absolute atomic E-state index is 13.9. The number of anilines is 2. The Balaban J connectivity index is 1.52. The van der Waals surface area contributed by atoms with E-state index in [-0.39, 0.29) is 23.1 Å². The average molecular weight is 567 g/mol. The highest BCUT2D eigenvalue weighted by Crippen LogP contribution is 2.33. The molecule has 206 valence electrons. The lowest BCUT2D eigenvalue weighted by molar-refractivity contribution is -0.120. The van der Waals surface area contributed by atoms with Gasteiger partial charge in [-0.1, -0.05) is 42.5 Å². The summed E-state index contributed by atoms with van der Waals surface area (Å²) in [5.74, 6) is -0.492. The van der Waals surface area contributed by atoms with Gasteiger partial charge in [-0.15, -0.1) is 0 Å². The molecule has 0 spiro atoms. The Morgan fingerprint density at radius 1 is 0.780 bits per heavy atom. The summed E-state index contributed by atoms with van der Waals surface area (Å²) < 4.78 is 24.7. The van der Waals surface area contributed by atoms with Crippen LogP contribution in [0.1, 0.15) is 22.3 Å². The lowest BCUT2D eigenvalue weighted by Gasteiger charge is -2.36. The maximum atomic E-state index is 13.9. The SMILES string of the molecule is COc1cc(/C=C2/C(=O)N(c3ccccc3)C(=S)N(c3ccc(C)c(C)c3)C2=O)ccc1OCc1ccc(F)cc1. The summed E-state index contributed by atoms with van der Waals surface area (Å²) >= 11 is 5.72. The zero-order valence-electron chi connectivity index (χ0n) is 22.8. The highest BCUT2D eigenvalue weighted by Gasteiger charge is 2.41. The third-order valence-corrected chi connectivity index (χ3v) is 7.18. The van der Waals surface area contributed by atoms with E-state index in [1.54, 1.807) is 54.6 Å². The summed E-state index contributed by atoms with van der Waals surface area (Å²) in [5, 5.41) is 0.0775. The molecule has 0 N–H and O–H groups in total. The van der Waals surface area contributed by atoms with Crippen molar-refractivity contribution in [2.45, 2.75) is 20.5 Å². The van der Waals surface area contributed by atoms with Crippen LogP contribution in [0.25, 0.3) is 6.08 Å². The van der Waals surface area contributed by atoms with Crippen molar-refractivity contribution in [3.05, 3.63) is 125 Å². The molecule has 1 fully saturated rings. The Labute approximate surface area is 243 Å². The molecule has 0 aliphatic carbocycles. The van der Waals surface area contributed by atoms with Crippen LogP contribution in [0.3, 0.4) is 0 Å². The number of ether oxygens (including phenoxy) is 2. The number of amides is 2. The second kappa shape index (κ2) is 11.7. The topological polar surface area (TPSA) is 59.1 Å². The van der Waals surface area contributed by atoms with E-state index < -0.39 is 11.8 Å². The molecule has 1 heterocycles.